The van der Waals surface area contributed by atoms with E-state index in [4.69, 9.17) is 0 Å². The van der Waals surface area contributed by atoms with Crippen LogP contribution >= 0.6 is 11.8 Å². The molecule has 1 rings (SSSR count). The van der Waals surface area contributed by atoms with Gasteiger partial charge in [0.05, 0.1) is 6.10 Å². The van der Waals surface area contributed by atoms with Crippen molar-refractivity contribution in [2.24, 2.45) is 5.41 Å². The first-order chi connectivity index (χ1) is 5.42. The van der Waals surface area contributed by atoms with Gasteiger partial charge in [-0.25, -0.2) is 0 Å². The van der Waals surface area contributed by atoms with E-state index in [0.717, 1.165) is 0 Å². The maximum Gasteiger partial charge on any atom is 0.0734 e. The normalized spacial score (nSPS) is 24.8. The van der Waals surface area contributed by atoms with Crippen LogP contribution in [0, 0.1) is 5.41 Å². The third kappa shape index (κ3) is 1.64. The lowest BCUT2D eigenvalue weighted by Gasteiger charge is -2.49. The molecule has 0 saturated heterocycles. The molecule has 1 aliphatic rings. The van der Waals surface area contributed by atoms with E-state index in [1.54, 1.807) is 0 Å². The SMILES string of the molecule is CSC1(C(O)C(C)(C)C)CCC1. The predicted molar refractivity (Wildman–Crippen MR) is 55.6 cm³/mol. The van der Waals surface area contributed by atoms with Gasteiger partial charge in [-0.05, 0) is 24.5 Å². The maximum atomic E-state index is 10.1. The summed E-state index contributed by atoms with van der Waals surface area (Å²) < 4.78 is 0.179. The van der Waals surface area contributed by atoms with Crippen LogP contribution in [0.4, 0.5) is 0 Å². The highest BCUT2D eigenvalue weighted by Gasteiger charge is 2.47. The summed E-state index contributed by atoms with van der Waals surface area (Å²) in [5, 5.41) is 10.1. The summed E-state index contributed by atoms with van der Waals surface area (Å²) >= 11 is 1.84. The van der Waals surface area contributed by atoms with Crippen LogP contribution in [0.5, 0.6) is 0 Å². The van der Waals surface area contributed by atoms with Crippen molar-refractivity contribution < 1.29 is 5.11 Å². The number of aliphatic hydroxyl groups is 1. The second-order valence-corrected chi connectivity index (χ2v) is 6.11. The summed E-state index contributed by atoms with van der Waals surface area (Å²) in [5.41, 5.74) is 0.0312. The highest BCUT2D eigenvalue weighted by atomic mass is 32.2. The molecule has 0 aromatic rings. The van der Waals surface area contributed by atoms with Crippen LogP contribution in [0.3, 0.4) is 0 Å². The largest absolute Gasteiger partial charge is 0.391 e. The highest BCUT2D eigenvalue weighted by molar-refractivity contribution is 8.00. The molecule has 0 amide bonds. The third-order valence-electron chi connectivity index (χ3n) is 2.93. The third-order valence-corrected chi connectivity index (χ3v) is 4.37. The Bertz CT molecular complexity index is 150. The Kier molecular flexibility index (Phi) is 2.79. The molecule has 1 nitrogen and oxygen atoms in total. The van der Waals surface area contributed by atoms with Crippen LogP contribution in [0.1, 0.15) is 40.0 Å². The lowest BCUT2D eigenvalue weighted by molar-refractivity contribution is 0.00154. The Morgan fingerprint density at radius 1 is 1.33 bits per heavy atom. The van der Waals surface area contributed by atoms with Crippen molar-refractivity contribution in [1.29, 1.82) is 0 Å². The first kappa shape index (κ1) is 10.4. The van der Waals surface area contributed by atoms with E-state index in [1.165, 1.54) is 19.3 Å². The van der Waals surface area contributed by atoms with E-state index >= 15 is 0 Å². The highest BCUT2D eigenvalue weighted by Crippen LogP contribution is 2.49. The van der Waals surface area contributed by atoms with E-state index in [9.17, 15) is 5.11 Å². The lowest BCUT2D eigenvalue weighted by atomic mass is 9.71. The minimum absolute atomic E-state index is 0.0312. The Morgan fingerprint density at radius 3 is 1.92 bits per heavy atom. The Hall–Kier alpha value is 0.310. The molecule has 1 unspecified atom stereocenters. The average Bonchev–Trinajstić information content (AvgIpc) is 1.84. The van der Waals surface area contributed by atoms with Crippen molar-refractivity contribution in [2.45, 2.75) is 50.9 Å². The van der Waals surface area contributed by atoms with E-state index in [0.29, 0.717) is 0 Å². The minimum atomic E-state index is -0.159. The van der Waals surface area contributed by atoms with Crippen molar-refractivity contribution >= 4 is 11.8 Å². The molecule has 0 aromatic heterocycles. The van der Waals surface area contributed by atoms with Gasteiger partial charge in [0.2, 0.25) is 0 Å². The predicted octanol–water partition coefficient (Wildman–Crippen LogP) is 2.68. The topological polar surface area (TPSA) is 20.2 Å². The second kappa shape index (κ2) is 3.22. The van der Waals surface area contributed by atoms with Gasteiger partial charge < -0.3 is 5.11 Å². The zero-order chi connectivity index (χ0) is 9.41. The molecule has 0 aromatic carbocycles. The molecule has 1 fully saturated rings. The smallest absolute Gasteiger partial charge is 0.0734 e. The molecule has 1 aliphatic carbocycles. The van der Waals surface area contributed by atoms with Crippen LogP contribution in [-0.4, -0.2) is 22.2 Å². The molecule has 1 atom stereocenters. The first-order valence-electron chi connectivity index (χ1n) is 4.66. The van der Waals surface area contributed by atoms with Gasteiger partial charge in [-0.1, -0.05) is 27.2 Å². The average molecular weight is 188 g/mol. The summed E-state index contributed by atoms with van der Waals surface area (Å²) in [5.74, 6) is 0. The fraction of sp³-hybridized carbons (Fsp3) is 1.00. The van der Waals surface area contributed by atoms with Gasteiger partial charge in [0.25, 0.3) is 0 Å². The van der Waals surface area contributed by atoms with Gasteiger partial charge in [0.1, 0.15) is 0 Å². The van der Waals surface area contributed by atoms with Crippen molar-refractivity contribution in [1.82, 2.24) is 0 Å². The molecular formula is C10H20OS. The summed E-state index contributed by atoms with van der Waals surface area (Å²) in [6.07, 6.45) is 5.62. The number of aliphatic hydroxyl groups excluding tert-OH is 1. The Balaban J connectivity index is 2.67. The Labute approximate surface area is 79.9 Å². The van der Waals surface area contributed by atoms with Gasteiger partial charge >= 0.3 is 0 Å². The first-order valence-corrected chi connectivity index (χ1v) is 5.88. The van der Waals surface area contributed by atoms with E-state index < -0.39 is 0 Å². The standard InChI is InChI=1S/C10H20OS/c1-9(2,3)8(11)10(12-4)6-5-7-10/h8,11H,5-7H2,1-4H3. The quantitative estimate of drug-likeness (QED) is 0.719. The zero-order valence-corrected chi connectivity index (χ0v) is 9.37. The van der Waals surface area contributed by atoms with Crippen LogP contribution in [0.15, 0.2) is 0 Å². The molecule has 0 spiro atoms. The molecule has 72 valence electrons. The van der Waals surface area contributed by atoms with Gasteiger partial charge in [0, 0.05) is 4.75 Å². The zero-order valence-electron chi connectivity index (χ0n) is 8.55. The molecule has 0 radical (unpaired) electrons. The molecule has 0 bridgehead atoms. The summed E-state index contributed by atoms with van der Waals surface area (Å²) in [7, 11) is 0. The summed E-state index contributed by atoms with van der Waals surface area (Å²) in [6.45, 7) is 6.36. The maximum absolute atomic E-state index is 10.1. The lowest BCUT2D eigenvalue weighted by Crippen LogP contribution is -2.51. The molecule has 2 heteroatoms. The van der Waals surface area contributed by atoms with Crippen molar-refractivity contribution in [2.75, 3.05) is 6.26 Å². The van der Waals surface area contributed by atoms with Gasteiger partial charge in [0.15, 0.2) is 0 Å². The molecule has 1 N–H and O–H groups in total. The molecular weight excluding hydrogens is 168 g/mol. The monoisotopic (exact) mass is 188 g/mol. The van der Waals surface area contributed by atoms with E-state index in [-0.39, 0.29) is 16.3 Å². The fourth-order valence-corrected chi connectivity index (χ4v) is 3.18. The van der Waals surface area contributed by atoms with Crippen LogP contribution in [0.25, 0.3) is 0 Å². The van der Waals surface area contributed by atoms with Gasteiger partial charge in [-0.15, -0.1) is 0 Å². The van der Waals surface area contributed by atoms with Crippen molar-refractivity contribution in [3.63, 3.8) is 0 Å². The molecule has 1 saturated carbocycles. The van der Waals surface area contributed by atoms with Gasteiger partial charge in [-0.3, -0.25) is 0 Å². The van der Waals surface area contributed by atoms with Crippen LogP contribution < -0.4 is 0 Å². The molecule has 12 heavy (non-hydrogen) atoms. The van der Waals surface area contributed by atoms with Crippen molar-refractivity contribution in [3.8, 4) is 0 Å². The van der Waals surface area contributed by atoms with Crippen molar-refractivity contribution in [3.05, 3.63) is 0 Å². The number of hydrogen-bond acceptors (Lipinski definition) is 2. The number of thioether (sulfide) groups is 1. The molecule has 0 aliphatic heterocycles. The second-order valence-electron chi connectivity index (χ2n) is 4.89. The van der Waals surface area contributed by atoms with Crippen LogP contribution in [-0.2, 0) is 0 Å². The fourth-order valence-electron chi connectivity index (χ4n) is 1.90. The van der Waals surface area contributed by atoms with Gasteiger partial charge in [-0.2, -0.15) is 11.8 Å². The summed E-state index contributed by atoms with van der Waals surface area (Å²) in [4.78, 5) is 0. The summed E-state index contributed by atoms with van der Waals surface area (Å²) in [6, 6.07) is 0. The van der Waals surface area contributed by atoms with E-state index in [1.807, 2.05) is 11.8 Å². The Morgan fingerprint density at radius 2 is 1.83 bits per heavy atom. The minimum Gasteiger partial charge on any atom is -0.391 e. The molecule has 0 heterocycles. The number of hydrogen-bond donors (Lipinski definition) is 1. The van der Waals surface area contributed by atoms with E-state index in [2.05, 4.69) is 27.0 Å². The van der Waals surface area contributed by atoms with Crippen LogP contribution in [0.2, 0.25) is 0 Å². The number of rotatable bonds is 2.